The number of fused-ring (bicyclic) bond motifs is 1. The molecule has 8 nitrogen and oxygen atoms in total. The molecule has 1 aliphatic rings. The fourth-order valence-electron chi connectivity index (χ4n) is 4.58. The second-order valence-electron chi connectivity index (χ2n) is 9.38. The van der Waals surface area contributed by atoms with Crippen LogP contribution in [0.15, 0.2) is 24.3 Å². The van der Waals surface area contributed by atoms with Crippen molar-refractivity contribution in [2.24, 2.45) is 5.92 Å². The van der Waals surface area contributed by atoms with E-state index in [0.29, 0.717) is 12.3 Å². The Balaban J connectivity index is 1.81. The number of benzene rings is 1. The van der Waals surface area contributed by atoms with Crippen molar-refractivity contribution in [2.75, 3.05) is 6.54 Å². The number of hydrogen-bond donors (Lipinski definition) is 5. The van der Waals surface area contributed by atoms with E-state index in [1.807, 2.05) is 24.3 Å². The Morgan fingerprint density at radius 1 is 1.09 bits per heavy atom. The van der Waals surface area contributed by atoms with Crippen molar-refractivity contribution in [3.05, 3.63) is 35.5 Å². The van der Waals surface area contributed by atoms with Gasteiger partial charge in [-0.25, -0.2) is 4.79 Å². The first-order valence-electron chi connectivity index (χ1n) is 12.0. The van der Waals surface area contributed by atoms with Crippen LogP contribution < -0.4 is 16.0 Å². The van der Waals surface area contributed by atoms with Gasteiger partial charge in [-0.2, -0.15) is 0 Å². The van der Waals surface area contributed by atoms with Gasteiger partial charge in [0.05, 0.1) is 0 Å². The van der Waals surface area contributed by atoms with Crippen molar-refractivity contribution < 1.29 is 19.5 Å². The highest BCUT2D eigenvalue weighted by molar-refractivity contribution is 5.90. The number of hydrogen-bond acceptors (Lipinski definition) is 3. The number of nitrogens with one attached hydrogen (secondary N) is 4. The van der Waals surface area contributed by atoms with Crippen LogP contribution in [0.5, 0.6) is 0 Å². The average molecular weight is 457 g/mol. The van der Waals surface area contributed by atoms with Gasteiger partial charge in [0.2, 0.25) is 11.8 Å². The van der Waals surface area contributed by atoms with E-state index in [1.165, 1.54) is 6.42 Å². The fourth-order valence-corrected chi connectivity index (χ4v) is 4.58. The van der Waals surface area contributed by atoms with E-state index < -0.39 is 12.1 Å². The van der Waals surface area contributed by atoms with E-state index in [2.05, 4.69) is 34.8 Å². The predicted octanol–water partition coefficient (Wildman–Crippen LogP) is 3.50. The molecule has 1 aromatic heterocycles. The zero-order valence-corrected chi connectivity index (χ0v) is 19.6. The molecule has 0 saturated heterocycles. The molecule has 1 fully saturated rings. The molecule has 0 radical (unpaired) electrons. The first-order chi connectivity index (χ1) is 15.8. The molecule has 1 atom stereocenters. The molecule has 0 aliphatic heterocycles. The van der Waals surface area contributed by atoms with Gasteiger partial charge in [-0.05, 0) is 36.8 Å². The van der Waals surface area contributed by atoms with E-state index in [4.69, 9.17) is 5.11 Å². The lowest BCUT2D eigenvalue weighted by Crippen LogP contribution is -2.51. The number of rotatable bonds is 10. The minimum atomic E-state index is -1.17. The summed E-state index contributed by atoms with van der Waals surface area (Å²) < 4.78 is 0. The number of carbonyl (C=O) groups excluding carboxylic acids is 2. The first kappa shape index (κ1) is 24.6. The summed E-state index contributed by atoms with van der Waals surface area (Å²) in [5, 5.41) is 18.0. The molecule has 0 spiro atoms. The molecular formula is C25H36N4O4. The molecule has 2 aromatic rings. The molecular weight excluding hydrogens is 420 g/mol. The largest absolute Gasteiger partial charge is 0.465 e. The Kier molecular flexibility index (Phi) is 8.74. The molecule has 3 rings (SSSR count). The van der Waals surface area contributed by atoms with Crippen LogP contribution in [0.2, 0.25) is 0 Å². The smallest absolute Gasteiger partial charge is 0.404 e. The summed E-state index contributed by atoms with van der Waals surface area (Å²) in [7, 11) is 0. The van der Waals surface area contributed by atoms with Crippen molar-refractivity contribution >= 4 is 28.8 Å². The lowest BCUT2D eigenvalue weighted by Gasteiger charge is -2.26. The van der Waals surface area contributed by atoms with Gasteiger partial charge in [-0.1, -0.05) is 51.3 Å². The third-order valence-electron chi connectivity index (χ3n) is 6.15. The van der Waals surface area contributed by atoms with Crippen LogP contribution >= 0.6 is 0 Å². The zero-order valence-electron chi connectivity index (χ0n) is 19.6. The van der Waals surface area contributed by atoms with Gasteiger partial charge in [0.25, 0.3) is 0 Å². The van der Waals surface area contributed by atoms with E-state index in [1.54, 1.807) is 0 Å². The molecule has 5 N–H and O–H groups in total. The maximum absolute atomic E-state index is 13.3. The van der Waals surface area contributed by atoms with Gasteiger partial charge in [0.15, 0.2) is 0 Å². The molecule has 3 amide bonds. The summed E-state index contributed by atoms with van der Waals surface area (Å²) in [6, 6.07) is 7.43. The normalized spacial score (nSPS) is 15.4. The van der Waals surface area contributed by atoms with Crippen LogP contribution in [-0.4, -0.2) is 46.6 Å². The van der Waals surface area contributed by atoms with E-state index in [0.717, 1.165) is 54.3 Å². The van der Waals surface area contributed by atoms with Crippen molar-refractivity contribution in [3.63, 3.8) is 0 Å². The van der Waals surface area contributed by atoms with Gasteiger partial charge in [-0.3, -0.25) is 9.59 Å². The fraction of sp³-hybridized carbons (Fsp3) is 0.560. The second-order valence-corrected chi connectivity index (χ2v) is 9.38. The Morgan fingerprint density at radius 3 is 2.52 bits per heavy atom. The lowest BCUT2D eigenvalue weighted by molar-refractivity contribution is -0.129. The average Bonchev–Trinajstić information content (AvgIpc) is 3.10. The van der Waals surface area contributed by atoms with Crippen LogP contribution in [0.1, 0.15) is 63.6 Å². The van der Waals surface area contributed by atoms with Crippen LogP contribution in [0.4, 0.5) is 4.79 Å². The highest BCUT2D eigenvalue weighted by atomic mass is 16.4. The Hall–Kier alpha value is -3.03. The van der Waals surface area contributed by atoms with Gasteiger partial charge < -0.3 is 26.0 Å². The molecule has 1 saturated carbocycles. The molecule has 1 heterocycles. The minimum absolute atomic E-state index is 0.00379. The van der Waals surface area contributed by atoms with Gasteiger partial charge in [-0.15, -0.1) is 0 Å². The molecule has 1 aliphatic carbocycles. The highest BCUT2D eigenvalue weighted by Gasteiger charge is 2.27. The Labute approximate surface area is 194 Å². The summed E-state index contributed by atoms with van der Waals surface area (Å²) in [6.45, 7) is 4.31. The zero-order chi connectivity index (χ0) is 23.8. The maximum Gasteiger partial charge on any atom is 0.404 e. The molecule has 1 aromatic carbocycles. The Morgan fingerprint density at radius 2 is 1.82 bits per heavy atom. The van der Waals surface area contributed by atoms with Gasteiger partial charge in [0.1, 0.15) is 6.04 Å². The number of aromatic nitrogens is 1. The molecule has 0 bridgehead atoms. The van der Waals surface area contributed by atoms with Crippen molar-refractivity contribution in [3.8, 4) is 0 Å². The number of carbonyl (C=O) groups is 3. The third-order valence-corrected chi connectivity index (χ3v) is 6.15. The molecule has 180 valence electrons. The summed E-state index contributed by atoms with van der Waals surface area (Å²) >= 11 is 0. The third kappa shape index (κ3) is 7.23. The van der Waals surface area contributed by atoms with Crippen molar-refractivity contribution in [1.29, 1.82) is 0 Å². The summed E-state index contributed by atoms with van der Waals surface area (Å²) in [5.74, 6) is -0.0944. The number of amides is 3. The van der Waals surface area contributed by atoms with Crippen molar-refractivity contribution in [2.45, 2.75) is 77.3 Å². The standard InChI is InChI=1S/C25H36N4O4/c1-16(2)14-21-19(18-10-6-7-11-20(18)28-21)15-22(29-23(30)12-13-26-25(32)33)24(31)27-17-8-4-3-5-9-17/h6-7,10-11,16-17,22,26,28H,3-5,8-9,12-15H2,1-2H3,(H,27,31)(H,29,30)(H,32,33)/t22-/m0/s1. The van der Waals surface area contributed by atoms with E-state index in [9.17, 15) is 14.4 Å². The summed E-state index contributed by atoms with van der Waals surface area (Å²) in [6.07, 6.45) is 5.34. The maximum atomic E-state index is 13.3. The number of para-hydroxylation sites is 1. The van der Waals surface area contributed by atoms with E-state index in [-0.39, 0.29) is 30.8 Å². The lowest BCUT2D eigenvalue weighted by atomic mass is 9.94. The van der Waals surface area contributed by atoms with Crippen LogP contribution in [0.3, 0.4) is 0 Å². The molecule has 33 heavy (non-hydrogen) atoms. The van der Waals surface area contributed by atoms with E-state index >= 15 is 0 Å². The quantitative estimate of drug-likeness (QED) is 0.375. The molecule has 8 heteroatoms. The minimum Gasteiger partial charge on any atom is -0.465 e. The number of carboxylic acid groups (broad SMARTS) is 1. The summed E-state index contributed by atoms with van der Waals surface area (Å²) in [5.41, 5.74) is 3.15. The monoisotopic (exact) mass is 456 g/mol. The van der Waals surface area contributed by atoms with Crippen molar-refractivity contribution in [1.82, 2.24) is 20.9 Å². The topological polar surface area (TPSA) is 123 Å². The Bertz CT molecular complexity index is 962. The van der Waals surface area contributed by atoms with Crippen LogP contribution in [-0.2, 0) is 22.4 Å². The highest BCUT2D eigenvalue weighted by Crippen LogP contribution is 2.26. The van der Waals surface area contributed by atoms with Crippen LogP contribution in [0, 0.1) is 5.92 Å². The molecule has 0 unspecified atom stereocenters. The first-order valence-corrected chi connectivity index (χ1v) is 12.0. The van der Waals surface area contributed by atoms with Gasteiger partial charge >= 0.3 is 6.09 Å². The SMILES string of the molecule is CC(C)Cc1[nH]c2ccccc2c1C[C@H](NC(=O)CCNC(=O)O)C(=O)NC1CCCCC1. The predicted molar refractivity (Wildman–Crippen MR) is 128 cm³/mol. The van der Waals surface area contributed by atoms with Gasteiger partial charge in [0, 0.05) is 42.0 Å². The van der Waals surface area contributed by atoms with Crippen LogP contribution in [0.25, 0.3) is 10.9 Å². The second kappa shape index (κ2) is 11.7. The summed E-state index contributed by atoms with van der Waals surface area (Å²) in [4.78, 5) is 40.0. The number of H-pyrrole nitrogens is 1. The number of aromatic amines is 1.